The third kappa shape index (κ3) is 4.69. The quantitative estimate of drug-likeness (QED) is 0.251. The zero-order valence-corrected chi connectivity index (χ0v) is 20.0. The number of thioether (sulfide) groups is 1. The summed E-state index contributed by atoms with van der Waals surface area (Å²) < 4.78 is 41.7. The fraction of sp³-hybridized carbons (Fsp3) is 0.182. The molecule has 0 spiro atoms. The van der Waals surface area contributed by atoms with E-state index in [0.29, 0.717) is 15.6 Å². The van der Waals surface area contributed by atoms with E-state index in [2.05, 4.69) is 16.9 Å². The first-order valence-electron chi connectivity index (χ1n) is 9.49. The number of benzene rings is 1. The Morgan fingerprint density at radius 3 is 2.53 bits per heavy atom. The van der Waals surface area contributed by atoms with Gasteiger partial charge in [-0.3, -0.25) is 4.57 Å². The van der Waals surface area contributed by atoms with Gasteiger partial charge < -0.3 is 0 Å². The summed E-state index contributed by atoms with van der Waals surface area (Å²) in [5, 5.41) is 1.59. The van der Waals surface area contributed by atoms with E-state index < -0.39 is 11.9 Å². The number of halogens is 5. The molecule has 3 heterocycles. The lowest BCUT2D eigenvalue weighted by atomic mass is 10.2. The molecular formula is C22H16Cl2F3N3S2. The molecule has 0 radical (unpaired) electrons. The highest BCUT2D eigenvalue weighted by Gasteiger charge is 2.35. The van der Waals surface area contributed by atoms with Crippen molar-refractivity contribution in [2.24, 2.45) is 0 Å². The zero-order chi connectivity index (χ0) is 23.0. The van der Waals surface area contributed by atoms with Gasteiger partial charge in [0.25, 0.3) is 0 Å². The highest BCUT2D eigenvalue weighted by Crippen LogP contribution is 2.39. The van der Waals surface area contributed by atoms with Crippen LogP contribution in [0.2, 0.25) is 10.0 Å². The Morgan fingerprint density at radius 2 is 1.84 bits per heavy atom. The first-order valence-corrected chi connectivity index (χ1v) is 12.0. The molecule has 0 saturated heterocycles. The first kappa shape index (κ1) is 23.2. The van der Waals surface area contributed by atoms with Gasteiger partial charge in [0.05, 0.1) is 20.6 Å². The van der Waals surface area contributed by atoms with Crippen LogP contribution in [0.5, 0.6) is 0 Å². The molecule has 0 atom stereocenters. The molecule has 0 N–H and O–H groups in total. The molecule has 32 heavy (non-hydrogen) atoms. The minimum absolute atomic E-state index is 0.139. The molecule has 0 fully saturated rings. The van der Waals surface area contributed by atoms with E-state index in [9.17, 15) is 13.2 Å². The summed E-state index contributed by atoms with van der Waals surface area (Å²) in [5.41, 5.74) is 1.27. The molecule has 0 saturated carbocycles. The number of nitrogens with zero attached hydrogens (tertiary/aromatic N) is 3. The maximum Gasteiger partial charge on any atom is 0.434 e. The fourth-order valence-electron chi connectivity index (χ4n) is 3.14. The van der Waals surface area contributed by atoms with Crippen LogP contribution < -0.4 is 0 Å². The monoisotopic (exact) mass is 513 g/mol. The molecule has 0 aliphatic heterocycles. The van der Waals surface area contributed by atoms with E-state index in [-0.39, 0.29) is 10.8 Å². The number of rotatable bonds is 5. The number of aryl methyl sites for hydroxylation is 1. The van der Waals surface area contributed by atoms with Crippen molar-refractivity contribution in [3.05, 3.63) is 70.1 Å². The predicted octanol–water partition coefficient (Wildman–Crippen LogP) is 8.41. The Bertz CT molecular complexity index is 1280. The summed E-state index contributed by atoms with van der Waals surface area (Å²) in [6.45, 7) is 4.06. The Kier molecular flexibility index (Phi) is 6.58. The Morgan fingerprint density at radius 1 is 1.09 bits per heavy atom. The Balaban J connectivity index is 1.81. The third-order valence-electron chi connectivity index (χ3n) is 4.59. The highest BCUT2D eigenvalue weighted by atomic mass is 35.5. The molecule has 0 unspecified atom stereocenters. The van der Waals surface area contributed by atoms with Crippen molar-refractivity contribution >= 4 is 46.3 Å². The Hall–Kier alpha value is -2.00. The van der Waals surface area contributed by atoms with Crippen molar-refractivity contribution in [1.29, 1.82) is 0 Å². The predicted molar refractivity (Wildman–Crippen MR) is 126 cm³/mol. The van der Waals surface area contributed by atoms with E-state index in [0.717, 1.165) is 33.0 Å². The summed E-state index contributed by atoms with van der Waals surface area (Å²) in [6, 6.07) is 10.3. The van der Waals surface area contributed by atoms with E-state index in [4.69, 9.17) is 23.2 Å². The molecule has 0 amide bonds. The minimum atomic E-state index is -4.60. The second-order valence-electron chi connectivity index (χ2n) is 6.86. The molecule has 0 aliphatic carbocycles. The van der Waals surface area contributed by atoms with Gasteiger partial charge in [0.15, 0.2) is 11.5 Å². The molecule has 4 rings (SSSR count). The summed E-state index contributed by atoms with van der Waals surface area (Å²) in [4.78, 5) is 9.85. The summed E-state index contributed by atoms with van der Waals surface area (Å²) in [5.74, 6) is 1.06. The van der Waals surface area contributed by atoms with Gasteiger partial charge in [-0.2, -0.15) is 13.2 Å². The van der Waals surface area contributed by atoms with E-state index in [1.807, 2.05) is 19.1 Å². The van der Waals surface area contributed by atoms with Crippen molar-refractivity contribution < 1.29 is 13.2 Å². The fourth-order valence-corrected chi connectivity index (χ4v) is 5.18. The van der Waals surface area contributed by atoms with E-state index >= 15 is 0 Å². The summed E-state index contributed by atoms with van der Waals surface area (Å²) in [6.07, 6.45) is -1.88. The molecule has 1 aromatic carbocycles. The summed E-state index contributed by atoms with van der Waals surface area (Å²) in [7, 11) is 0. The largest absolute Gasteiger partial charge is 0.434 e. The van der Waals surface area contributed by atoms with Gasteiger partial charge in [0.2, 0.25) is 0 Å². The van der Waals surface area contributed by atoms with Crippen LogP contribution >= 0.6 is 46.3 Å². The molecule has 3 aromatic heterocycles. The van der Waals surface area contributed by atoms with Crippen LogP contribution in [0.4, 0.5) is 13.2 Å². The second kappa shape index (κ2) is 9.09. The molecule has 4 aromatic rings. The number of hydrogen-bond donors (Lipinski definition) is 0. The molecule has 10 heteroatoms. The average Bonchev–Trinajstić information content (AvgIpc) is 3.38. The van der Waals surface area contributed by atoms with Crippen molar-refractivity contribution in [3.63, 3.8) is 0 Å². The van der Waals surface area contributed by atoms with E-state index in [1.165, 1.54) is 22.0 Å². The molecule has 0 aliphatic rings. The van der Waals surface area contributed by atoms with Crippen molar-refractivity contribution in [3.8, 4) is 26.8 Å². The van der Waals surface area contributed by atoms with Crippen LogP contribution in [0.25, 0.3) is 26.8 Å². The number of aromatic nitrogens is 3. The topological polar surface area (TPSA) is 30.7 Å². The van der Waals surface area contributed by atoms with Gasteiger partial charge in [-0.15, -0.1) is 23.1 Å². The maximum absolute atomic E-state index is 13.5. The Labute approximate surface area is 201 Å². The number of alkyl halides is 3. The van der Waals surface area contributed by atoms with Gasteiger partial charge in [-0.05, 0) is 54.6 Å². The van der Waals surface area contributed by atoms with Gasteiger partial charge in [-0.25, -0.2) is 9.97 Å². The molecular weight excluding hydrogens is 498 g/mol. The maximum atomic E-state index is 13.5. The zero-order valence-electron chi connectivity index (χ0n) is 16.9. The first-order chi connectivity index (χ1) is 15.2. The normalized spacial score (nSPS) is 11.8. The van der Waals surface area contributed by atoms with Crippen LogP contribution in [-0.4, -0.2) is 20.3 Å². The number of thiophene rings is 1. The van der Waals surface area contributed by atoms with Crippen LogP contribution in [0.15, 0.2) is 53.8 Å². The minimum Gasteiger partial charge on any atom is -0.297 e. The van der Waals surface area contributed by atoms with Crippen molar-refractivity contribution in [1.82, 2.24) is 14.5 Å². The molecule has 0 bridgehead atoms. The second-order valence-corrected chi connectivity index (χ2v) is 10.0. The average molecular weight is 514 g/mol. The van der Waals surface area contributed by atoms with Gasteiger partial charge in [0, 0.05) is 27.9 Å². The SMILES string of the molecule is CCSc1ncc(-c2ccc(-c3nc(C(F)(F)F)cn3-c3cc(Cl)ccc3Cl)s2)cc1C. The van der Waals surface area contributed by atoms with Crippen molar-refractivity contribution in [2.75, 3.05) is 5.75 Å². The highest BCUT2D eigenvalue weighted by molar-refractivity contribution is 7.99. The van der Waals surface area contributed by atoms with Gasteiger partial charge in [-0.1, -0.05) is 30.1 Å². The summed E-state index contributed by atoms with van der Waals surface area (Å²) >= 11 is 15.4. The number of imidazole rings is 1. The van der Waals surface area contributed by atoms with Crippen LogP contribution in [0.3, 0.4) is 0 Å². The lowest BCUT2D eigenvalue weighted by Crippen LogP contribution is -2.05. The van der Waals surface area contributed by atoms with E-state index in [1.54, 1.807) is 36.2 Å². The van der Waals surface area contributed by atoms with Gasteiger partial charge in [0.1, 0.15) is 0 Å². The van der Waals surface area contributed by atoms with Crippen LogP contribution in [0.1, 0.15) is 18.2 Å². The molecule has 166 valence electrons. The van der Waals surface area contributed by atoms with Crippen LogP contribution in [-0.2, 0) is 6.18 Å². The lowest BCUT2D eigenvalue weighted by Gasteiger charge is -2.09. The standard InChI is InChI=1S/C22H16Cl2F3N3S2/c1-3-31-21-12(2)8-13(10-28-21)17-6-7-18(32-17)20-29-19(22(25,26)27)11-30(20)16-9-14(23)4-5-15(16)24/h4-11H,3H2,1-2H3. The smallest absolute Gasteiger partial charge is 0.297 e. The van der Waals surface area contributed by atoms with Crippen LogP contribution in [0, 0.1) is 6.92 Å². The third-order valence-corrected chi connectivity index (χ3v) is 7.26. The lowest BCUT2D eigenvalue weighted by molar-refractivity contribution is -0.140. The van der Waals surface area contributed by atoms with Crippen molar-refractivity contribution in [2.45, 2.75) is 25.0 Å². The number of pyridine rings is 1. The number of hydrogen-bond acceptors (Lipinski definition) is 4. The molecule has 3 nitrogen and oxygen atoms in total. The van der Waals surface area contributed by atoms with Gasteiger partial charge >= 0.3 is 6.18 Å².